The van der Waals surface area contributed by atoms with Crippen molar-refractivity contribution >= 4 is 5.97 Å². The van der Waals surface area contributed by atoms with Gasteiger partial charge in [-0.05, 0) is 19.4 Å². The molecule has 1 rings (SSSR count). The highest BCUT2D eigenvalue weighted by Gasteiger charge is 2.25. The fraction of sp³-hybridized carbons (Fsp3) is 0.875. The molecule has 70 valence electrons. The number of carbonyl (C=O) groups is 1. The van der Waals surface area contributed by atoms with Gasteiger partial charge in [0.05, 0.1) is 20.3 Å². The summed E-state index contributed by atoms with van der Waals surface area (Å²) in [5, 5.41) is 8.93. The highest BCUT2D eigenvalue weighted by atomic mass is 16.5. The topological polar surface area (TPSA) is 49.8 Å². The van der Waals surface area contributed by atoms with Crippen molar-refractivity contribution in [3.63, 3.8) is 0 Å². The van der Waals surface area contributed by atoms with Crippen LogP contribution in [-0.4, -0.2) is 48.8 Å². The molecule has 0 radical (unpaired) electrons. The van der Waals surface area contributed by atoms with Gasteiger partial charge in [0.25, 0.3) is 0 Å². The molecule has 1 N–H and O–H groups in total. The lowest BCUT2D eigenvalue weighted by Gasteiger charge is -2.20. The molecule has 1 heterocycles. The van der Waals surface area contributed by atoms with Gasteiger partial charge in [0.1, 0.15) is 0 Å². The average molecular weight is 173 g/mol. The first-order valence-electron chi connectivity index (χ1n) is 4.19. The molecule has 12 heavy (non-hydrogen) atoms. The van der Waals surface area contributed by atoms with Crippen molar-refractivity contribution in [2.45, 2.75) is 18.9 Å². The summed E-state index contributed by atoms with van der Waals surface area (Å²) in [6, 6.07) is 0.157. The molecule has 4 heteroatoms. The number of ether oxygens (including phenoxy) is 1. The van der Waals surface area contributed by atoms with Crippen molar-refractivity contribution in [2.75, 3.05) is 26.8 Å². The number of esters is 1. The predicted octanol–water partition coefficient (Wildman–Crippen LogP) is -0.384. The zero-order valence-electron chi connectivity index (χ0n) is 7.32. The van der Waals surface area contributed by atoms with Crippen LogP contribution in [0.3, 0.4) is 0 Å². The molecule has 0 saturated carbocycles. The lowest BCUT2D eigenvalue weighted by atomic mass is 10.2. The van der Waals surface area contributed by atoms with Gasteiger partial charge in [0, 0.05) is 6.04 Å². The van der Waals surface area contributed by atoms with Crippen molar-refractivity contribution in [1.82, 2.24) is 4.90 Å². The third-order valence-electron chi connectivity index (χ3n) is 2.27. The van der Waals surface area contributed by atoms with E-state index in [0.717, 1.165) is 19.4 Å². The number of carbonyl (C=O) groups excluding carboxylic acids is 1. The monoisotopic (exact) mass is 173 g/mol. The second-order valence-electron chi connectivity index (χ2n) is 3.03. The summed E-state index contributed by atoms with van der Waals surface area (Å²) >= 11 is 0. The average Bonchev–Trinajstić information content (AvgIpc) is 2.51. The first kappa shape index (κ1) is 9.48. The Hall–Kier alpha value is -0.610. The van der Waals surface area contributed by atoms with Crippen LogP contribution in [0.1, 0.15) is 12.8 Å². The Morgan fingerprint density at radius 2 is 2.50 bits per heavy atom. The number of aliphatic hydroxyl groups is 1. The van der Waals surface area contributed by atoms with Crippen molar-refractivity contribution in [1.29, 1.82) is 0 Å². The minimum Gasteiger partial charge on any atom is -0.468 e. The molecule has 4 nitrogen and oxygen atoms in total. The maximum atomic E-state index is 10.9. The second-order valence-corrected chi connectivity index (χ2v) is 3.03. The summed E-state index contributed by atoms with van der Waals surface area (Å²) in [4.78, 5) is 12.8. The highest BCUT2D eigenvalue weighted by molar-refractivity contribution is 5.71. The third kappa shape index (κ3) is 2.19. The molecule has 1 atom stereocenters. The Labute approximate surface area is 72.1 Å². The minimum atomic E-state index is -0.227. The molecule has 0 aliphatic carbocycles. The summed E-state index contributed by atoms with van der Waals surface area (Å²) in [5.74, 6) is -0.227. The molecule has 0 aromatic heterocycles. The standard InChI is InChI=1S/C8H15NO3/c1-12-8(11)5-9-4-2-3-7(9)6-10/h7,10H,2-6H2,1H3/t7-/m1/s1. The van der Waals surface area contributed by atoms with Crippen LogP contribution in [0, 0.1) is 0 Å². The summed E-state index contributed by atoms with van der Waals surface area (Å²) in [5.41, 5.74) is 0. The van der Waals surface area contributed by atoms with Gasteiger partial charge in [0.15, 0.2) is 0 Å². The van der Waals surface area contributed by atoms with Crippen molar-refractivity contribution in [3.8, 4) is 0 Å². The Bertz CT molecular complexity index is 160. The third-order valence-corrected chi connectivity index (χ3v) is 2.27. The Morgan fingerprint density at radius 3 is 3.08 bits per heavy atom. The first-order valence-corrected chi connectivity index (χ1v) is 4.19. The highest BCUT2D eigenvalue weighted by Crippen LogP contribution is 2.15. The van der Waals surface area contributed by atoms with E-state index in [1.54, 1.807) is 0 Å². The molecule has 1 saturated heterocycles. The van der Waals surface area contributed by atoms with E-state index in [4.69, 9.17) is 5.11 Å². The lowest BCUT2D eigenvalue weighted by Crippen LogP contribution is -2.36. The summed E-state index contributed by atoms with van der Waals surface area (Å²) in [6.45, 7) is 1.33. The molecular formula is C8H15NO3. The molecule has 1 fully saturated rings. The van der Waals surface area contributed by atoms with Crippen molar-refractivity contribution < 1.29 is 14.6 Å². The van der Waals surface area contributed by atoms with Crippen LogP contribution in [0.2, 0.25) is 0 Å². The van der Waals surface area contributed by atoms with Crippen molar-refractivity contribution in [3.05, 3.63) is 0 Å². The largest absolute Gasteiger partial charge is 0.468 e. The second kappa shape index (κ2) is 4.42. The zero-order chi connectivity index (χ0) is 8.97. The van der Waals surface area contributed by atoms with E-state index in [1.165, 1.54) is 7.11 Å². The molecule has 0 aromatic carbocycles. The Kier molecular flexibility index (Phi) is 3.49. The quantitative estimate of drug-likeness (QED) is 0.591. The van der Waals surface area contributed by atoms with Crippen LogP contribution in [0.15, 0.2) is 0 Å². The van der Waals surface area contributed by atoms with Gasteiger partial charge in [-0.25, -0.2) is 0 Å². The maximum Gasteiger partial charge on any atom is 0.319 e. The van der Waals surface area contributed by atoms with Gasteiger partial charge in [-0.3, -0.25) is 9.69 Å². The molecule has 0 aromatic rings. The minimum absolute atomic E-state index is 0.136. The van der Waals surface area contributed by atoms with E-state index < -0.39 is 0 Å². The van der Waals surface area contributed by atoms with E-state index in [9.17, 15) is 4.79 Å². The van der Waals surface area contributed by atoms with Gasteiger partial charge in [-0.1, -0.05) is 0 Å². The molecule has 0 spiro atoms. The number of hydrogen-bond acceptors (Lipinski definition) is 4. The first-order chi connectivity index (χ1) is 5.77. The van der Waals surface area contributed by atoms with Gasteiger partial charge in [-0.2, -0.15) is 0 Å². The van der Waals surface area contributed by atoms with Gasteiger partial charge in [0.2, 0.25) is 0 Å². The van der Waals surface area contributed by atoms with Crippen LogP contribution in [0.25, 0.3) is 0 Å². The number of aliphatic hydroxyl groups excluding tert-OH is 1. The van der Waals surface area contributed by atoms with Crippen LogP contribution < -0.4 is 0 Å². The van der Waals surface area contributed by atoms with E-state index in [-0.39, 0.29) is 18.6 Å². The normalized spacial score (nSPS) is 24.3. The van der Waals surface area contributed by atoms with Crippen molar-refractivity contribution in [2.24, 2.45) is 0 Å². The summed E-state index contributed by atoms with van der Waals surface area (Å²) in [7, 11) is 1.38. The molecule has 1 aliphatic heterocycles. The fourth-order valence-electron chi connectivity index (χ4n) is 1.54. The van der Waals surface area contributed by atoms with Crippen LogP contribution in [0.4, 0.5) is 0 Å². The lowest BCUT2D eigenvalue weighted by molar-refractivity contribution is -0.142. The Balaban J connectivity index is 2.35. The van der Waals surface area contributed by atoms with Gasteiger partial charge >= 0.3 is 5.97 Å². The number of likely N-dealkylation sites (tertiary alicyclic amines) is 1. The van der Waals surface area contributed by atoms with E-state index in [1.807, 2.05) is 4.90 Å². The van der Waals surface area contributed by atoms with Crippen LogP contribution >= 0.6 is 0 Å². The summed E-state index contributed by atoms with van der Waals surface area (Å²) in [6.07, 6.45) is 2.04. The molecule has 0 amide bonds. The van der Waals surface area contributed by atoms with Crippen LogP contribution in [-0.2, 0) is 9.53 Å². The van der Waals surface area contributed by atoms with E-state index in [0.29, 0.717) is 6.54 Å². The molecule has 0 unspecified atom stereocenters. The number of nitrogens with zero attached hydrogens (tertiary/aromatic N) is 1. The SMILES string of the molecule is COC(=O)CN1CCC[C@@H]1CO. The molecule has 1 aliphatic rings. The number of rotatable bonds is 3. The number of methoxy groups -OCH3 is 1. The zero-order valence-corrected chi connectivity index (χ0v) is 7.32. The number of hydrogen-bond donors (Lipinski definition) is 1. The van der Waals surface area contributed by atoms with E-state index >= 15 is 0 Å². The van der Waals surface area contributed by atoms with Gasteiger partial charge < -0.3 is 9.84 Å². The van der Waals surface area contributed by atoms with Gasteiger partial charge in [-0.15, -0.1) is 0 Å². The van der Waals surface area contributed by atoms with E-state index in [2.05, 4.69) is 4.74 Å². The maximum absolute atomic E-state index is 10.9. The predicted molar refractivity (Wildman–Crippen MR) is 43.7 cm³/mol. The smallest absolute Gasteiger partial charge is 0.319 e. The van der Waals surface area contributed by atoms with Crippen LogP contribution in [0.5, 0.6) is 0 Å². The fourth-order valence-corrected chi connectivity index (χ4v) is 1.54. The Morgan fingerprint density at radius 1 is 1.75 bits per heavy atom. The molecule has 0 bridgehead atoms. The molecular weight excluding hydrogens is 158 g/mol. The summed E-state index contributed by atoms with van der Waals surface area (Å²) < 4.78 is 4.54.